The van der Waals surface area contributed by atoms with E-state index in [4.69, 9.17) is 0 Å². The van der Waals surface area contributed by atoms with Gasteiger partial charge in [0.05, 0.1) is 11.4 Å². The van der Waals surface area contributed by atoms with Crippen molar-refractivity contribution < 1.29 is 9.59 Å². The van der Waals surface area contributed by atoms with Gasteiger partial charge in [0.1, 0.15) is 6.04 Å². The van der Waals surface area contributed by atoms with Crippen LogP contribution in [0.2, 0.25) is 0 Å². The van der Waals surface area contributed by atoms with Crippen LogP contribution in [0.1, 0.15) is 48.7 Å². The summed E-state index contributed by atoms with van der Waals surface area (Å²) in [6.07, 6.45) is 1.20. The summed E-state index contributed by atoms with van der Waals surface area (Å²) in [5, 5.41) is 8.67. The van der Waals surface area contributed by atoms with E-state index in [1.54, 1.807) is 16.2 Å². The number of anilines is 3. The highest BCUT2D eigenvalue weighted by atomic mass is 32.1. The SMILES string of the molecule is Cc1ccc(NC(=O)N2c3ccccc3NC3=C(C(=O)CC(C)(C)C3)[C@H]2c2cccs2)c(C)c1. The average molecular weight is 472 g/mol. The molecular weight excluding hydrogens is 442 g/mol. The summed E-state index contributed by atoms with van der Waals surface area (Å²) in [7, 11) is 0. The minimum absolute atomic E-state index is 0.0919. The molecule has 2 aliphatic rings. The molecule has 0 fully saturated rings. The number of thiophene rings is 1. The van der Waals surface area contributed by atoms with Gasteiger partial charge in [-0.2, -0.15) is 0 Å². The van der Waals surface area contributed by atoms with Crippen LogP contribution in [-0.2, 0) is 4.79 Å². The van der Waals surface area contributed by atoms with Crippen LogP contribution in [0.4, 0.5) is 21.9 Å². The molecule has 0 saturated carbocycles. The second-order valence-electron chi connectivity index (χ2n) is 10.0. The molecule has 6 heteroatoms. The molecule has 2 N–H and O–H groups in total. The van der Waals surface area contributed by atoms with Crippen LogP contribution in [-0.4, -0.2) is 11.8 Å². The Hall–Kier alpha value is -3.38. The lowest BCUT2D eigenvalue weighted by Crippen LogP contribution is -2.41. The number of carbonyl (C=O) groups excluding carboxylic acids is 2. The quantitative estimate of drug-likeness (QED) is 0.415. The van der Waals surface area contributed by atoms with Gasteiger partial charge in [-0.3, -0.25) is 9.69 Å². The Bertz CT molecular complexity index is 1310. The minimum atomic E-state index is -0.500. The van der Waals surface area contributed by atoms with E-state index >= 15 is 0 Å². The van der Waals surface area contributed by atoms with E-state index in [-0.39, 0.29) is 17.2 Å². The number of allylic oxidation sites excluding steroid dienone is 1. The third kappa shape index (κ3) is 4.03. The highest BCUT2D eigenvalue weighted by Gasteiger charge is 2.43. The molecule has 2 amide bonds. The molecule has 5 rings (SSSR count). The summed E-state index contributed by atoms with van der Waals surface area (Å²) >= 11 is 1.57. The molecule has 0 bridgehead atoms. The van der Waals surface area contributed by atoms with Gasteiger partial charge in [-0.05, 0) is 60.9 Å². The van der Waals surface area contributed by atoms with Gasteiger partial charge >= 0.3 is 6.03 Å². The molecule has 1 aliphatic carbocycles. The van der Waals surface area contributed by atoms with Crippen LogP contribution in [0.5, 0.6) is 0 Å². The number of fused-ring (bicyclic) bond motifs is 1. The van der Waals surface area contributed by atoms with Crippen molar-refractivity contribution in [3.8, 4) is 0 Å². The van der Waals surface area contributed by atoms with Crippen molar-refractivity contribution in [2.24, 2.45) is 5.41 Å². The maximum atomic E-state index is 14.0. The predicted molar refractivity (Wildman–Crippen MR) is 140 cm³/mol. The van der Waals surface area contributed by atoms with Crippen molar-refractivity contribution in [3.05, 3.63) is 87.3 Å². The molecule has 174 valence electrons. The number of para-hydroxylation sites is 2. The summed E-state index contributed by atoms with van der Waals surface area (Å²) in [5.41, 5.74) is 5.94. The highest BCUT2D eigenvalue weighted by molar-refractivity contribution is 7.10. The average Bonchev–Trinajstić information content (AvgIpc) is 3.24. The Balaban J connectivity index is 1.68. The van der Waals surface area contributed by atoms with E-state index in [9.17, 15) is 9.59 Å². The number of carbonyl (C=O) groups is 2. The number of ketones is 1. The van der Waals surface area contributed by atoms with Gasteiger partial charge in [0.2, 0.25) is 0 Å². The Morgan fingerprint density at radius 1 is 1.09 bits per heavy atom. The number of aryl methyl sites for hydroxylation is 2. The maximum Gasteiger partial charge on any atom is 0.327 e. The molecule has 1 aromatic heterocycles. The normalized spacial score (nSPS) is 19.1. The molecule has 1 atom stereocenters. The Morgan fingerprint density at radius 2 is 1.88 bits per heavy atom. The van der Waals surface area contributed by atoms with E-state index < -0.39 is 6.04 Å². The molecule has 0 radical (unpaired) electrons. The van der Waals surface area contributed by atoms with Gasteiger partial charge in [0.15, 0.2) is 5.78 Å². The summed E-state index contributed by atoms with van der Waals surface area (Å²) in [6, 6.07) is 17.0. The zero-order chi connectivity index (χ0) is 24.0. The zero-order valence-electron chi connectivity index (χ0n) is 19.9. The molecule has 2 heterocycles. The maximum absolute atomic E-state index is 14.0. The number of nitrogens with zero attached hydrogens (tertiary/aromatic N) is 1. The third-order valence-electron chi connectivity index (χ3n) is 6.56. The van der Waals surface area contributed by atoms with Gasteiger partial charge in [-0.25, -0.2) is 4.79 Å². The van der Waals surface area contributed by atoms with Crippen molar-refractivity contribution >= 4 is 40.2 Å². The molecule has 34 heavy (non-hydrogen) atoms. The van der Waals surface area contributed by atoms with Crippen LogP contribution in [0.3, 0.4) is 0 Å². The lowest BCUT2D eigenvalue weighted by Gasteiger charge is -2.36. The van der Waals surface area contributed by atoms with Gasteiger partial charge < -0.3 is 10.6 Å². The molecule has 3 aromatic rings. The first-order valence-corrected chi connectivity index (χ1v) is 12.4. The number of benzene rings is 2. The highest BCUT2D eigenvalue weighted by Crippen LogP contribution is 2.49. The number of nitrogens with one attached hydrogen (secondary N) is 2. The third-order valence-corrected chi connectivity index (χ3v) is 7.48. The Kier molecular flexibility index (Phi) is 5.56. The van der Waals surface area contributed by atoms with Crippen molar-refractivity contribution in [2.45, 2.75) is 46.6 Å². The fraction of sp³-hybridized carbons (Fsp3) is 0.286. The Morgan fingerprint density at radius 3 is 2.62 bits per heavy atom. The smallest absolute Gasteiger partial charge is 0.327 e. The van der Waals surface area contributed by atoms with Crippen molar-refractivity contribution in [3.63, 3.8) is 0 Å². The van der Waals surface area contributed by atoms with Gasteiger partial charge in [0.25, 0.3) is 0 Å². The molecule has 0 unspecified atom stereocenters. The van der Waals surface area contributed by atoms with Crippen LogP contribution in [0.25, 0.3) is 0 Å². The van der Waals surface area contributed by atoms with E-state index in [1.165, 1.54) is 0 Å². The standard InChI is InChI=1S/C28H29N3O2S/c1-17-11-12-19(18(2)14-17)30-27(33)31-22-9-6-5-8-20(22)29-21-15-28(3,4)16-23(32)25(21)26(31)24-10-7-13-34-24/h5-14,26,29H,15-16H2,1-4H3,(H,30,33)/t26-/m1/s1. The van der Waals surface area contributed by atoms with Crippen LogP contribution in [0, 0.1) is 19.3 Å². The summed E-state index contributed by atoms with van der Waals surface area (Å²) < 4.78 is 0. The summed E-state index contributed by atoms with van der Waals surface area (Å²) in [5.74, 6) is 0.0919. The zero-order valence-corrected chi connectivity index (χ0v) is 20.8. The van der Waals surface area contributed by atoms with E-state index in [1.807, 2.05) is 67.8 Å². The minimum Gasteiger partial charge on any atom is -0.357 e. The molecule has 5 nitrogen and oxygen atoms in total. The number of hydrogen-bond donors (Lipinski definition) is 2. The number of rotatable bonds is 2. The first-order valence-electron chi connectivity index (χ1n) is 11.6. The lowest BCUT2D eigenvalue weighted by atomic mass is 9.74. The number of Topliss-reactive ketones (excluding diaryl/α,β-unsaturated/α-hetero) is 1. The van der Waals surface area contributed by atoms with Crippen LogP contribution in [0.15, 0.2) is 71.2 Å². The van der Waals surface area contributed by atoms with Crippen LogP contribution < -0.4 is 15.5 Å². The number of amides is 2. The fourth-order valence-corrected chi connectivity index (χ4v) is 5.88. The summed E-state index contributed by atoms with van der Waals surface area (Å²) in [4.78, 5) is 30.3. The molecular formula is C28H29N3O2S. The summed E-state index contributed by atoms with van der Waals surface area (Å²) in [6.45, 7) is 8.27. The number of urea groups is 1. The molecule has 0 saturated heterocycles. The Labute approximate surface area is 204 Å². The molecule has 1 aliphatic heterocycles. The second kappa shape index (κ2) is 8.44. The van der Waals surface area contributed by atoms with Crippen molar-refractivity contribution in [1.82, 2.24) is 0 Å². The number of hydrogen-bond acceptors (Lipinski definition) is 4. The van der Waals surface area contributed by atoms with Crippen LogP contribution >= 0.6 is 11.3 Å². The fourth-order valence-electron chi connectivity index (χ4n) is 5.06. The van der Waals surface area contributed by atoms with E-state index in [2.05, 4.69) is 30.5 Å². The topological polar surface area (TPSA) is 61.4 Å². The first kappa shape index (κ1) is 22.4. The second-order valence-corrected chi connectivity index (χ2v) is 11.0. The molecule has 0 spiro atoms. The monoisotopic (exact) mass is 471 g/mol. The van der Waals surface area contributed by atoms with Gasteiger partial charge in [-0.1, -0.05) is 49.7 Å². The lowest BCUT2D eigenvalue weighted by molar-refractivity contribution is -0.118. The van der Waals surface area contributed by atoms with Crippen molar-refractivity contribution in [2.75, 3.05) is 15.5 Å². The largest absolute Gasteiger partial charge is 0.357 e. The van der Waals surface area contributed by atoms with Gasteiger partial charge in [0, 0.05) is 28.3 Å². The van der Waals surface area contributed by atoms with Crippen molar-refractivity contribution in [1.29, 1.82) is 0 Å². The van der Waals surface area contributed by atoms with E-state index in [0.29, 0.717) is 12.0 Å². The van der Waals surface area contributed by atoms with E-state index in [0.717, 1.165) is 45.2 Å². The predicted octanol–water partition coefficient (Wildman–Crippen LogP) is 7.21. The van der Waals surface area contributed by atoms with Gasteiger partial charge in [-0.15, -0.1) is 11.3 Å². The molecule has 2 aromatic carbocycles. The first-order chi connectivity index (χ1) is 16.2.